The first-order valence-electron chi connectivity index (χ1n) is 7.55. The summed E-state index contributed by atoms with van der Waals surface area (Å²) < 4.78 is 5.59. The molecular formula is C19H23NO2. The van der Waals surface area contributed by atoms with Gasteiger partial charge in [-0.05, 0) is 54.7 Å². The zero-order chi connectivity index (χ0) is 16.1. The second-order valence-corrected chi connectivity index (χ2v) is 5.90. The monoisotopic (exact) mass is 297 g/mol. The molecule has 0 aromatic heterocycles. The molecule has 2 aromatic carbocycles. The van der Waals surface area contributed by atoms with E-state index in [1.54, 1.807) is 0 Å². The number of aryl methyl sites for hydroxylation is 2. The molecule has 0 bridgehead atoms. The normalized spacial score (nSPS) is 10.6. The Bertz CT molecular complexity index is 642. The fourth-order valence-corrected chi connectivity index (χ4v) is 2.47. The molecule has 116 valence electrons. The number of ether oxygens (including phenoxy) is 1. The molecule has 0 spiro atoms. The Hall–Kier alpha value is -2.29. The van der Waals surface area contributed by atoms with Gasteiger partial charge in [-0.1, -0.05) is 38.1 Å². The van der Waals surface area contributed by atoms with Crippen molar-refractivity contribution in [1.29, 1.82) is 0 Å². The number of para-hydroxylation sites is 1. The van der Waals surface area contributed by atoms with Crippen molar-refractivity contribution >= 4 is 11.6 Å². The molecule has 3 heteroatoms. The topological polar surface area (TPSA) is 38.3 Å². The number of benzene rings is 2. The van der Waals surface area contributed by atoms with Gasteiger partial charge >= 0.3 is 0 Å². The summed E-state index contributed by atoms with van der Waals surface area (Å²) in [5, 5.41) is 2.93. The number of hydrogen-bond donors (Lipinski definition) is 1. The van der Waals surface area contributed by atoms with E-state index in [4.69, 9.17) is 4.74 Å². The van der Waals surface area contributed by atoms with E-state index in [-0.39, 0.29) is 12.5 Å². The minimum atomic E-state index is -0.146. The average Bonchev–Trinajstić information content (AvgIpc) is 2.44. The summed E-state index contributed by atoms with van der Waals surface area (Å²) in [6.07, 6.45) is 0. The molecule has 0 unspecified atom stereocenters. The molecule has 0 aliphatic rings. The van der Waals surface area contributed by atoms with Gasteiger partial charge in [0.15, 0.2) is 6.61 Å². The SMILES string of the molecule is Cc1cc(C)cc(OCC(=O)Nc2ccccc2C(C)C)c1. The number of carbonyl (C=O) groups is 1. The summed E-state index contributed by atoms with van der Waals surface area (Å²) in [7, 11) is 0. The van der Waals surface area contributed by atoms with Crippen molar-refractivity contribution < 1.29 is 9.53 Å². The Morgan fingerprint density at radius 2 is 1.73 bits per heavy atom. The molecule has 0 atom stereocenters. The highest BCUT2D eigenvalue weighted by atomic mass is 16.5. The van der Waals surface area contributed by atoms with Gasteiger partial charge in [0, 0.05) is 5.69 Å². The number of amides is 1. The van der Waals surface area contributed by atoms with Crippen molar-refractivity contribution in [3.8, 4) is 5.75 Å². The predicted octanol–water partition coefficient (Wildman–Crippen LogP) is 4.44. The molecule has 2 rings (SSSR count). The van der Waals surface area contributed by atoms with Crippen molar-refractivity contribution in [2.75, 3.05) is 11.9 Å². The van der Waals surface area contributed by atoms with E-state index in [1.807, 2.05) is 50.2 Å². The van der Waals surface area contributed by atoms with Crippen LogP contribution in [-0.2, 0) is 4.79 Å². The molecule has 0 fully saturated rings. The fourth-order valence-electron chi connectivity index (χ4n) is 2.47. The molecule has 0 saturated carbocycles. The van der Waals surface area contributed by atoms with Gasteiger partial charge in [0.05, 0.1) is 0 Å². The van der Waals surface area contributed by atoms with E-state index in [0.29, 0.717) is 5.92 Å². The van der Waals surface area contributed by atoms with Crippen LogP contribution in [0.3, 0.4) is 0 Å². The van der Waals surface area contributed by atoms with Crippen LogP contribution in [0.1, 0.15) is 36.5 Å². The molecular weight excluding hydrogens is 274 g/mol. The van der Waals surface area contributed by atoms with Crippen LogP contribution in [0.25, 0.3) is 0 Å². The maximum Gasteiger partial charge on any atom is 0.262 e. The van der Waals surface area contributed by atoms with Gasteiger partial charge in [0.2, 0.25) is 0 Å². The average molecular weight is 297 g/mol. The molecule has 1 N–H and O–H groups in total. The first-order chi connectivity index (χ1) is 10.5. The van der Waals surface area contributed by atoms with Gasteiger partial charge in [0.1, 0.15) is 5.75 Å². The second-order valence-electron chi connectivity index (χ2n) is 5.90. The van der Waals surface area contributed by atoms with Crippen molar-refractivity contribution in [3.05, 3.63) is 59.2 Å². The van der Waals surface area contributed by atoms with Gasteiger partial charge in [-0.15, -0.1) is 0 Å². The second kappa shape index (κ2) is 7.12. The number of rotatable bonds is 5. The van der Waals surface area contributed by atoms with E-state index in [9.17, 15) is 4.79 Å². The highest BCUT2D eigenvalue weighted by Crippen LogP contribution is 2.23. The van der Waals surface area contributed by atoms with Crippen LogP contribution < -0.4 is 10.1 Å². The summed E-state index contributed by atoms with van der Waals surface area (Å²) in [4.78, 5) is 12.1. The quantitative estimate of drug-likeness (QED) is 0.885. The van der Waals surface area contributed by atoms with Gasteiger partial charge in [-0.25, -0.2) is 0 Å². The van der Waals surface area contributed by atoms with Crippen LogP contribution in [0, 0.1) is 13.8 Å². The van der Waals surface area contributed by atoms with Gasteiger partial charge < -0.3 is 10.1 Å². The third-order valence-electron chi connectivity index (χ3n) is 3.42. The number of nitrogens with one attached hydrogen (secondary N) is 1. The van der Waals surface area contributed by atoms with Crippen LogP contribution in [0.15, 0.2) is 42.5 Å². The maximum absolute atomic E-state index is 12.1. The fraction of sp³-hybridized carbons (Fsp3) is 0.316. The van der Waals surface area contributed by atoms with Crippen molar-refractivity contribution in [1.82, 2.24) is 0 Å². The molecule has 1 amide bonds. The lowest BCUT2D eigenvalue weighted by Gasteiger charge is -2.14. The predicted molar refractivity (Wildman–Crippen MR) is 90.6 cm³/mol. The molecule has 0 radical (unpaired) electrons. The summed E-state index contributed by atoms with van der Waals surface area (Å²) >= 11 is 0. The van der Waals surface area contributed by atoms with E-state index in [1.165, 1.54) is 0 Å². The third-order valence-corrected chi connectivity index (χ3v) is 3.42. The zero-order valence-corrected chi connectivity index (χ0v) is 13.6. The van der Waals surface area contributed by atoms with E-state index in [0.717, 1.165) is 28.1 Å². The summed E-state index contributed by atoms with van der Waals surface area (Å²) in [5.74, 6) is 0.939. The minimum Gasteiger partial charge on any atom is -0.484 e. The van der Waals surface area contributed by atoms with Gasteiger partial charge in [-0.2, -0.15) is 0 Å². The number of hydrogen-bond acceptors (Lipinski definition) is 2. The lowest BCUT2D eigenvalue weighted by Crippen LogP contribution is -2.21. The standard InChI is InChI=1S/C19H23NO2/c1-13(2)17-7-5-6-8-18(17)20-19(21)12-22-16-10-14(3)9-15(4)11-16/h5-11,13H,12H2,1-4H3,(H,20,21). The molecule has 3 nitrogen and oxygen atoms in total. The van der Waals surface area contributed by atoms with Gasteiger partial charge in [0.25, 0.3) is 5.91 Å². The number of carbonyl (C=O) groups excluding carboxylic acids is 1. The molecule has 0 aliphatic carbocycles. The van der Waals surface area contributed by atoms with E-state index >= 15 is 0 Å². The minimum absolute atomic E-state index is 0.00925. The largest absolute Gasteiger partial charge is 0.484 e. The zero-order valence-electron chi connectivity index (χ0n) is 13.6. The first kappa shape index (κ1) is 16.1. The van der Waals surface area contributed by atoms with E-state index < -0.39 is 0 Å². The Morgan fingerprint density at radius 1 is 1.09 bits per heavy atom. The third kappa shape index (κ3) is 4.35. The molecule has 22 heavy (non-hydrogen) atoms. The van der Waals surface area contributed by atoms with E-state index in [2.05, 4.69) is 25.2 Å². The van der Waals surface area contributed by atoms with Gasteiger partial charge in [-0.3, -0.25) is 4.79 Å². The van der Waals surface area contributed by atoms with Crippen LogP contribution in [0.5, 0.6) is 5.75 Å². The Kier molecular flexibility index (Phi) is 5.21. The Labute approximate surface area is 132 Å². The lowest BCUT2D eigenvalue weighted by molar-refractivity contribution is -0.118. The summed E-state index contributed by atoms with van der Waals surface area (Å²) in [6.45, 7) is 8.25. The van der Waals surface area contributed by atoms with Crippen molar-refractivity contribution in [2.45, 2.75) is 33.6 Å². The molecule has 0 saturated heterocycles. The van der Waals surface area contributed by atoms with Crippen LogP contribution in [0.4, 0.5) is 5.69 Å². The first-order valence-corrected chi connectivity index (χ1v) is 7.55. The van der Waals surface area contributed by atoms with Crippen LogP contribution in [-0.4, -0.2) is 12.5 Å². The number of anilines is 1. The van der Waals surface area contributed by atoms with Crippen molar-refractivity contribution in [2.24, 2.45) is 0 Å². The summed E-state index contributed by atoms with van der Waals surface area (Å²) in [5.41, 5.74) is 4.23. The van der Waals surface area contributed by atoms with Crippen LogP contribution >= 0.6 is 0 Å². The van der Waals surface area contributed by atoms with Crippen molar-refractivity contribution in [3.63, 3.8) is 0 Å². The molecule has 0 heterocycles. The highest BCUT2D eigenvalue weighted by Gasteiger charge is 2.09. The Morgan fingerprint density at radius 3 is 2.36 bits per heavy atom. The summed E-state index contributed by atoms with van der Waals surface area (Å²) in [6, 6.07) is 13.8. The highest BCUT2D eigenvalue weighted by molar-refractivity contribution is 5.92. The molecule has 2 aromatic rings. The van der Waals surface area contributed by atoms with Crippen LogP contribution in [0.2, 0.25) is 0 Å². The lowest BCUT2D eigenvalue weighted by atomic mass is 10.0. The Balaban J connectivity index is 1.99. The molecule has 0 aliphatic heterocycles. The smallest absolute Gasteiger partial charge is 0.262 e. The maximum atomic E-state index is 12.1.